The largest absolute Gasteiger partial charge is 0.504 e. The maximum absolute atomic E-state index is 5.52. The molecular formula is C10H17NO2. The lowest BCUT2D eigenvalue weighted by Crippen LogP contribution is -2.53. The van der Waals surface area contributed by atoms with Crippen molar-refractivity contribution in [1.29, 1.82) is 0 Å². The van der Waals surface area contributed by atoms with Crippen LogP contribution in [0, 0.1) is 0 Å². The lowest BCUT2D eigenvalue weighted by atomic mass is 9.91. The molecule has 0 aromatic heterocycles. The highest BCUT2D eigenvalue weighted by molar-refractivity contribution is 5.10. The molecule has 2 unspecified atom stereocenters. The summed E-state index contributed by atoms with van der Waals surface area (Å²) in [5, 5.41) is 0. The Kier molecular flexibility index (Phi) is 2.56. The van der Waals surface area contributed by atoms with Crippen molar-refractivity contribution in [1.82, 2.24) is 4.90 Å². The summed E-state index contributed by atoms with van der Waals surface area (Å²) in [6.07, 6.45) is 4.10. The standard InChI is InChI=1S/C10H17NO2/c1-11-9-3-8(5-12-2)4-10(11)7-13-6-9/h5,9-10H,3-4,6-7H2,1-2H3. The van der Waals surface area contributed by atoms with Crippen LogP contribution in [0.2, 0.25) is 0 Å². The summed E-state index contributed by atoms with van der Waals surface area (Å²) in [4.78, 5) is 2.44. The first-order valence-electron chi connectivity index (χ1n) is 4.81. The second kappa shape index (κ2) is 3.68. The van der Waals surface area contributed by atoms with Crippen LogP contribution in [-0.2, 0) is 9.47 Å². The Labute approximate surface area is 79.3 Å². The number of likely N-dealkylation sites (N-methyl/N-ethyl adjacent to an activating group) is 1. The van der Waals surface area contributed by atoms with Crippen molar-refractivity contribution in [2.45, 2.75) is 24.9 Å². The molecule has 3 heteroatoms. The third kappa shape index (κ3) is 1.71. The van der Waals surface area contributed by atoms with Crippen LogP contribution in [-0.4, -0.2) is 44.4 Å². The van der Waals surface area contributed by atoms with Gasteiger partial charge in [0.1, 0.15) is 0 Å². The first-order chi connectivity index (χ1) is 6.31. The molecule has 0 spiro atoms. The summed E-state index contributed by atoms with van der Waals surface area (Å²) in [7, 11) is 3.92. The van der Waals surface area contributed by atoms with Gasteiger partial charge in [0.25, 0.3) is 0 Å². The van der Waals surface area contributed by atoms with Gasteiger partial charge in [-0.2, -0.15) is 0 Å². The fourth-order valence-corrected chi connectivity index (χ4v) is 2.23. The van der Waals surface area contributed by atoms with E-state index in [0.717, 1.165) is 26.1 Å². The van der Waals surface area contributed by atoms with E-state index in [9.17, 15) is 0 Å². The van der Waals surface area contributed by atoms with Crippen LogP contribution < -0.4 is 0 Å². The quantitative estimate of drug-likeness (QED) is 0.566. The maximum Gasteiger partial charge on any atom is 0.0817 e. The summed E-state index contributed by atoms with van der Waals surface area (Å²) in [6.45, 7) is 1.74. The molecule has 2 bridgehead atoms. The van der Waals surface area contributed by atoms with Crippen LogP contribution in [0.5, 0.6) is 0 Å². The van der Waals surface area contributed by atoms with Crippen molar-refractivity contribution in [2.75, 3.05) is 27.4 Å². The van der Waals surface area contributed by atoms with Crippen molar-refractivity contribution in [3.63, 3.8) is 0 Å². The molecule has 3 nitrogen and oxygen atoms in total. The summed E-state index contributed by atoms with van der Waals surface area (Å²) < 4.78 is 10.6. The molecule has 2 rings (SSSR count). The van der Waals surface area contributed by atoms with Crippen LogP contribution in [0.25, 0.3) is 0 Å². The van der Waals surface area contributed by atoms with E-state index in [1.807, 2.05) is 6.26 Å². The number of ether oxygens (including phenoxy) is 2. The topological polar surface area (TPSA) is 21.7 Å². The summed E-state index contributed by atoms with van der Waals surface area (Å²) in [5.74, 6) is 0. The normalized spacial score (nSPS) is 34.5. The molecule has 2 saturated heterocycles. The van der Waals surface area contributed by atoms with E-state index in [-0.39, 0.29) is 0 Å². The minimum Gasteiger partial charge on any atom is -0.504 e. The molecule has 2 atom stereocenters. The maximum atomic E-state index is 5.52. The summed E-state index contributed by atoms with van der Waals surface area (Å²) in [6, 6.07) is 1.13. The van der Waals surface area contributed by atoms with Gasteiger partial charge in [0.2, 0.25) is 0 Å². The van der Waals surface area contributed by atoms with Crippen molar-refractivity contribution in [3.05, 3.63) is 11.8 Å². The van der Waals surface area contributed by atoms with Gasteiger partial charge in [0.15, 0.2) is 0 Å². The average Bonchev–Trinajstić information content (AvgIpc) is 2.07. The Bertz CT molecular complexity index is 199. The van der Waals surface area contributed by atoms with Gasteiger partial charge >= 0.3 is 0 Å². The molecule has 0 saturated carbocycles. The van der Waals surface area contributed by atoms with Gasteiger partial charge in [-0.3, -0.25) is 4.90 Å². The predicted molar refractivity (Wildman–Crippen MR) is 50.5 cm³/mol. The third-order valence-electron chi connectivity index (χ3n) is 3.05. The zero-order valence-electron chi connectivity index (χ0n) is 8.32. The van der Waals surface area contributed by atoms with E-state index in [2.05, 4.69) is 11.9 Å². The smallest absolute Gasteiger partial charge is 0.0817 e. The van der Waals surface area contributed by atoms with E-state index in [1.165, 1.54) is 5.57 Å². The Morgan fingerprint density at radius 2 is 2.00 bits per heavy atom. The van der Waals surface area contributed by atoms with Gasteiger partial charge in [-0.1, -0.05) is 0 Å². The number of rotatable bonds is 1. The third-order valence-corrected chi connectivity index (χ3v) is 3.05. The van der Waals surface area contributed by atoms with Crippen LogP contribution in [0.4, 0.5) is 0 Å². The zero-order valence-corrected chi connectivity index (χ0v) is 8.32. The van der Waals surface area contributed by atoms with Gasteiger partial charge in [0, 0.05) is 12.1 Å². The number of methoxy groups -OCH3 is 1. The fraction of sp³-hybridized carbons (Fsp3) is 0.800. The van der Waals surface area contributed by atoms with E-state index in [1.54, 1.807) is 7.11 Å². The second-order valence-corrected chi connectivity index (χ2v) is 3.93. The number of hydrogen-bond acceptors (Lipinski definition) is 3. The lowest BCUT2D eigenvalue weighted by molar-refractivity contribution is -0.0481. The zero-order chi connectivity index (χ0) is 9.26. The fourth-order valence-electron chi connectivity index (χ4n) is 2.23. The molecule has 0 aromatic rings. The number of morpholine rings is 1. The molecule has 74 valence electrons. The minimum atomic E-state index is 0.564. The van der Waals surface area contributed by atoms with E-state index in [0.29, 0.717) is 12.1 Å². The van der Waals surface area contributed by atoms with Crippen molar-refractivity contribution < 1.29 is 9.47 Å². The summed E-state index contributed by atoms with van der Waals surface area (Å²) in [5.41, 5.74) is 1.43. The molecule has 2 fully saturated rings. The van der Waals surface area contributed by atoms with Gasteiger partial charge in [0.05, 0.1) is 26.6 Å². The monoisotopic (exact) mass is 183 g/mol. The highest BCUT2D eigenvalue weighted by Crippen LogP contribution is 2.29. The van der Waals surface area contributed by atoms with Gasteiger partial charge in [-0.15, -0.1) is 0 Å². The SMILES string of the molecule is COC=C1CC2COCC(C1)N2C. The summed E-state index contributed by atoms with van der Waals surface area (Å²) >= 11 is 0. The molecule has 2 aliphatic heterocycles. The van der Waals surface area contributed by atoms with E-state index < -0.39 is 0 Å². The molecule has 0 aliphatic carbocycles. The Morgan fingerprint density at radius 3 is 2.54 bits per heavy atom. The van der Waals surface area contributed by atoms with Crippen LogP contribution in [0.15, 0.2) is 11.8 Å². The molecule has 0 amide bonds. The average molecular weight is 183 g/mol. The predicted octanol–water partition coefficient (Wildman–Crippen LogP) is 1.01. The number of hydrogen-bond donors (Lipinski definition) is 0. The number of fused-ring (bicyclic) bond motifs is 2. The Hall–Kier alpha value is -0.540. The Morgan fingerprint density at radius 1 is 1.38 bits per heavy atom. The van der Waals surface area contributed by atoms with E-state index in [4.69, 9.17) is 9.47 Å². The first kappa shape index (κ1) is 9.03. The van der Waals surface area contributed by atoms with Gasteiger partial charge in [-0.25, -0.2) is 0 Å². The molecule has 2 heterocycles. The van der Waals surface area contributed by atoms with Gasteiger partial charge < -0.3 is 9.47 Å². The van der Waals surface area contributed by atoms with Crippen LogP contribution >= 0.6 is 0 Å². The van der Waals surface area contributed by atoms with Crippen molar-refractivity contribution in [2.24, 2.45) is 0 Å². The molecule has 0 N–H and O–H groups in total. The Balaban J connectivity index is 2.07. The molecule has 0 aromatic carbocycles. The molecular weight excluding hydrogens is 166 g/mol. The van der Waals surface area contributed by atoms with E-state index >= 15 is 0 Å². The highest BCUT2D eigenvalue weighted by atomic mass is 16.5. The highest BCUT2D eigenvalue weighted by Gasteiger charge is 2.33. The lowest BCUT2D eigenvalue weighted by Gasteiger charge is -2.44. The van der Waals surface area contributed by atoms with Crippen LogP contribution in [0.3, 0.4) is 0 Å². The first-order valence-corrected chi connectivity index (χ1v) is 4.81. The van der Waals surface area contributed by atoms with Gasteiger partial charge in [-0.05, 0) is 25.5 Å². The minimum absolute atomic E-state index is 0.564. The van der Waals surface area contributed by atoms with Crippen molar-refractivity contribution in [3.8, 4) is 0 Å². The molecule has 13 heavy (non-hydrogen) atoms. The number of piperidine rings is 1. The van der Waals surface area contributed by atoms with Crippen LogP contribution in [0.1, 0.15) is 12.8 Å². The second-order valence-electron chi connectivity index (χ2n) is 3.93. The molecule has 2 aliphatic rings. The number of nitrogens with zero attached hydrogens (tertiary/aromatic N) is 1. The molecule has 0 radical (unpaired) electrons. The van der Waals surface area contributed by atoms with Crippen molar-refractivity contribution >= 4 is 0 Å².